The van der Waals surface area contributed by atoms with Crippen LogP contribution in [0.25, 0.3) is 0 Å². The number of methoxy groups -OCH3 is 1. The molecule has 0 aliphatic carbocycles. The van der Waals surface area contributed by atoms with Crippen molar-refractivity contribution in [2.75, 3.05) is 13.7 Å². The molecule has 2 aromatic rings. The smallest absolute Gasteiger partial charge is 0.119 e. The molecule has 0 saturated heterocycles. The fourth-order valence-electron chi connectivity index (χ4n) is 2.41. The van der Waals surface area contributed by atoms with Gasteiger partial charge in [-0.05, 0) is 55.0 Å². The predicted molar refractivity (Wildman–Crippen MR) is 80.8 cm³/mol. The van der Waals surface area contributed by atoms with E-state index < -0.39 is 0 Å². The summed E-state index contributed by atoms with van der Waals surface area (Å²) in [5, 5.41) is 4.20. The molecule has 0 spiro atoms. The molecule has 108 valence electrons. The minimum atomic E-state index is 0.488. The van der Waals surface area contributed by atoms with E-state index in [-0.39, 0.29) is 0 Å². The predicted octanol–water partition coefficient (Wildman–Crippen LogP) is 2.18. The first kappa shape index (κ1) is 14.6. The van der Waals surface area contributed by atoms with Crippen molar-refractivity contribution in [1.29, 1.82) is 0 Å². The number of aryl methyl sites for hydroxylation is 2. The van der Waals surface area contributed by atoms with Gasteiger partial charge in [0.05, 0.1) is 13.3 Å². The summed E-state index contributed by atoms with van der Waals surface area (Å²) in [5.41, 5.74) is 8.47. The van der Waals surface area contributed by atoms with Crippen molar-refractivity contribution < 1.29 is 4.74 Å². The Bertz CT molecular complexity index is 536. The zero-order valence-corrected chi connectivity index (χ0v) is 12.2. The van der Waals surface area contributed by atoms with Crippen LogP contribution >= 0.6 is 0 Å². The maximum atomic E-state index is 5.91. The highest BCUT2D eigenvalue weighted by molar-refractivity contribution is 5.28. The quantitative estimate of drug-likeness (QED) is 0.841. The third-order valence-electron chi connectivity index (χ3n) is 3.59. The van der Waals surface area contributed by atoms with Crippen LogP contribution in [0.15, 0.2) is 36.7 Å². The molecule has 1 aromatic heterocycles. The lowest BCUT2D eigenvalue weighted by atomic mass is 9.93. The molecule has 20 heavy (non-hydrogen) atoms. The van der Waals surface area contributed by atoms with E-state index in [1.54, 1.807) is 7.11 Å². The van der Waals surface area contributed by atoms with Crippen molar-refractivity contribution in [3.8, 4) is 5.75 Å². The Kier molecular flexibility index (Phi) is 5.18. The summed E-state index contributed by atoms with van der Waals surface area (Å²) < 4.78 is 7.10. The maximum absolute atomic E-state index is 5.91. The minimum Gasteiger partial charge on any atom is -0.497 e. The Morgan fingerprint density at radius 3 is 2.85 bits per heavy atom. The molecule has 4 heteroatoms. The van der Waals surface area contributed by atoms with Crippen LogP contribution in [0.2, 0.25) is 0 Å². The molecule has 0 bridgehead atoms. The average Bonchev–Trinajstić information content (AvgIpc) is 2.89. The van der Waals surface area contributed by atoms with Crippen molar-refractivity contribution in [1.82, 2.24) is 9.78 Å². The van der Waals surface area contributed by atoms with Crippen LogP contribution in [0.3, 0.4) is 0 Å². The van der Waals surface area contributed by atoms with Gasteiger partial charge in [-0.1, -0.05) is 12.1 Å². The molecule has 0 amide bonds. The van der Waals surface area contributed by atoms with Gasteiger partial charge < -0.3 is 10.5 Å². The third-order valence-corrected chi connectivity index (χ3v) is 3.59. The molecule has 1 unspecified atom stereocenters. The van der Waals surface area contributed by atoms with Gasteiger partial charge in [0, 0.05) is 13.2 Å². The number of aromatic nitrogens is 2. The molecule has 2 rings (SSSR count). The molecule has 0 radical (unpaired) electrons. The molecule has 0 fully saturated rings. The fourth-order valence-corrected chi connectivity index (χ4v) is 2.41. The van der Waals surface area contributed by atoms with E-state index in [9.17, 15) is 0 Å². The molecule has 1 atom stereocenters. The largest absolute Gasteiger partial charge is 0.497 e. The van der Waals surface area contributed by atoms with E-state index in [1.807, 2.05) is 30.1 Å². The molecule has 2 N–H and O–H groups in total. The molecule has 0 aliphatic heterocycles. The van der Waals surface area contributed by atoms with Crippen molar-refractivity contribution in [2.24, 2.45) is 18.7 Å². The Morgan fingerprint density at radius 2 is 2.20 bits per heavy atom. The molecule has 1 heterocycles. The number of hydrogen-bond acceptors (Lipinski definition) is 3. The second kappa shape index (κ2) is 7.10. The first-order chi connectivity index (χ1) is 9.71. The van der Waals surface area contributed by atoms with Gasteiger partial charge >= 0.3 is 0 Å². The van der Waals surface area contributed by atoms with Gasteiger partial charge in [-0.15, -0.1) is 0 Å². The van der Waals surface area contributed by atoms with Gasteiger partial charge in [-0.25, -0.2) is 0 Å². The zero-order chi connectivity index (χ0) is 14.4. The standard InChI is InChI=1S/C16H23N3O/c1-19-12-15(11-18-19)7-6-14(10-17)8-13-4-3-5-16(9-13)20-2/h3-5,9,11-12,14H,6-8,10,17H2,1-2H3. The summed E-state index contributed by atoms with van der Waals surface area (Å²) in [6.45, 7) is 0.706. The second-order valence-electron chi connectivity index (χ2n) is 5.22. The van der Waals surface area contributed by atoms with Crippen LogP contribution in [0, 0.1) is 5.92 Å². The number of benzene rings is 1. The number of nitrogens with zero attached hydrogens (tertiary/aromatic N) is 2. The number of nitrogens with two attached hydrogens (primary N) is 1. The van der Waals surface area contributed by atoms with E-state index >= 15 is 0 Å². The Balaban J connectivity index is 1.91. The Hall–Kier alpha value is -1.81. The van der Waals surface area contributed by atoms with Gasteiger partial charge in [0.25, 0.3) is 0 Å². The summed E-state index contributed by atoms with van der Waals surface area (Å²) in [6, 6.07) is 8.22. The van der Waals surface area contributed by atoms with Crippen LogP contribution < -0.4 is 10.5 Å². The Morgan fingerprint density at radius 1 is 1.35 bits per heavy atom. The topological polar surface area (TPSA) is 53.1 Å². The summed E-state index contributed by atoms with van der Waals surface area (Å²) >= 11 is 0. The molecule has 0 aliphatic rings. The van der Waals surface area contributed by atoms with Crippen molar-refractivity contribution in [3.63, 3.8) is 0 Å². The second-order valence-corrected chi connectivity index (χ2v) is 5.22. The highest BCUT2D eigenvalue weighted by Gasteiger charge is 2.09. The van der Waals surface area contributed by atoms with Gasteiger partial charge in [0.2, 0.25) is 0 Å². The van der Waals surface area contributed by atoms with Gasteiger partial charge in [0.15, 0.2) is 0 Å². The Labute approximate surface area is 120 Å². The summed E-state index contributed by atoms with van der Waals surface area (Å²) in [6.07, 6.45) is 7.10. The normalized spacial score (nSPS) is 12.3. The lowest BCUT2D eigenvalue weighted by Crippen LogP contribution is -2.17. The van der Waals surface area contributed by atoms with Crippen molar-refractivity contribution in [3.05, 3.63) is 47.8 Å². The van der Waals surface area contributed by atoms with Crippen LogP contribution in [-0.2, 0) is 19.9 Å². The first-order valence-corrected chi connectivity index (χ1v) is 7.01. The molecular weight excluding hydrogens is 250 g/mol. The summed E-state index contributed by atoms with van der Waals surface area (Å²) in [4.78, 5) is 0. The zero-order valence-electron chi connectivity index (χ0n) is 12.2. The highest BCUT2D eigenvalue weighted by Crippen LogP contribution is 2.18. The monoisotopic (exact) mass is 273 g/mol. The fraction of sp³-hybridized carbons (Fsp3) is 0.438. The SMILES string of the molecule is COc1cccc(CC(CN)CCc2cnn(C)c2)c1. The van der Waals surface area contributed by atoms with Gasteiger partial charge in [0.1, 0.15) is 5.75 Å². The summed E-state index contributed by atoms with van der Waals surface area (Å²) in [5.74, 6) is 1.40. The van der Waals surface area contributed by atoms with E-state index in [0.717, 1.165) is 25.0 Å². The van der Waals surface area contributed by atoms with Crippen molar-refractivity contribution in [2.45, 2.75) is 19.3 Å². The highest BCUT2D eigenvalue weighted by atomic mass is 16.5. The van der Waals surface area contributed by atoms with Gasteiger partial charge in [-0.2, -0.15) is 5.10 Å². The van der Waals surface area contributed by atoms with E-state index in [2.05, 4.69) is 23.4 Å². The number of ether oxygens (including phenoxy) is 1. The van der Waals surface area contributed by atoms with E-state index in [0.29, 0.717) is 12.5 Å². The number of hydrogen-bond donors (Lipinski definition) is 1. The van der Waals surface area contributed by atoms with Gasteiger partial charge in [-0.3, -0.25) is 4.68 Å². The third kappa shape index (κ3) is 4.10. The molecular formula is C16H23N3O. The maximum Gasteiger partial charge on any atom is 0.119 e. The van der Waals surface area contributed by atoms with E-state index in [1.165, 1.54) is 11.1 Å². The van der Waals surface area contributed by atoms with E-state index in [4.69, 9.17) is 10.5 Å². The lowest BCUT2D eigenvalue weighted by Gasteiger charge is -2.14. The van der Waals surface area contributed by atoms with Crippen LogP contribution in [0.1, 0.15) is 17.5 Å². The molecule has 4 nitrogen and oxygen atoms in total. The minimum absolute atomic E-state index is 0.488. The lowest BCUT2D eigenvalue weighted by molar-refractivity contribution is 0.413. The number of rotatable bonds is 7. The van der Waals surface area contributed by atoms with Crippen molar-refractivity contribution >= 4 is 0 Å². The molecule has 0 saturated carbocycles. The van der Waals surface area contributed by atoms with Crippen LogP contribution in [0.4, 0.5) is 0 Å². The summed E-state index contributed by atoms with van der Waals surface area (Å²) in [7, 11) is 3.64. The van der Waals surface area contributed by atoms with Crippen LogP contribution in [0.5, 0.6) is 5.75 Å². The van der Waals surface area contributed by atoms with Crippen LogP contribution in [-0.4, -0.2) is 23.4 Å². The first-order valence-electron chi connectivity index (χ1n) is 7.01. The average molecular weight is 273 g/mol. The molecule has 1 aromatic carbocycles.